The monoisotopic (exact) mass is 194 g/mol. The van der Waals surface area contributed by atoms with Gasteiger partial charge in [0.05, 0.1) is 0 Å². The number of unbranched alkanes of at least 4 members (excludes halogenated alkanes) is 1. The first-order valence-corrected chi connectivity index (χ1v) is 6.93. The molecule has 0 radical (unpaired) electrons. The van der Waals surface area contributed by atoms with Crippen LogP contribution < -0.4 is 0 Å². The van der Waals surface area contributed by atoms with E-state index in [1.54, 1.807) is 0 Å². The molecule has 0 spiro atoms. The fourth-order valence-corrected chi connectivity index (χ4v) is 1.26. The number of halogens is 2. The fourth-order valence-electron chi connectivity index (χ4n) is 0.278. The summed E-state index contributed by atoms with van der Waals surface area (Å²) in [6.45, 7) is 2.83. The molecule has 0 fully saturated rings. The summed E-state index contributed by atoms with van der Waals surface area (Å²) in [6, 6.07) is 0. The van der Waals surface area contributed by atoms with Crippen molar-refractivity contribution in [3.05, 3.63) is 0 Å². The molecule has 4 heteroatoms. The van der Waals surface area contributed by atoms with Gasteiger partial charge in [0.1, 0.15) is 0 Å². The van der Waals surface area contributed by atoms with Crippen LogP contribution >= 0.6 is 19.7 Å². The van der Waals surface area contributed by atoms with Crippen LogP contribution in [0.1, 0.15) is 19.8 Å². The predicted octanol–water partition coefficient (Wildman–Crippen LogP) is 2.64. The topological polar surface area (TPSA) is 9.23 Å². The van der Waals surface area contributed by atoms with Crippen LogP contribution in [0.15, 0.2) is 0 Å². The van der Waals surface area contributed by atoms with Crippen molar-refractivity contribution in [3.8, 4) is 0 Å². The van der Waals surface area contributed by atoms with Gasteiger partial charge < -0.3 is 0 Å². The Morgan fingerprint density at radius 2 is 2.12 bits per heavy atom. The summed E-state index contributed by atoms with van der Waals surface area (Å²) in [4.78, 5) is 0. The molecule has 0 unspecified atom stereocenters. The van der Waals surface area contributed by atoms with E-state index in [1.807, 2.05) is 0 Å². The minimum atomic E-state index is -1.81. The molecule has 0 aliphatic heterocycles. The van der Waals surface area contributed by atoms with Gasteiger partial charge in [-0.1, -0.05) is 0 Å². The van der Waals surface area contributed by atoms with Crippen molar-refractivity contribution < 1.29 is 17.3 Å². The third-order valence-corrected chi connectivity index (χ3v) is 2.08. The molecular weight excluding hydrogens is 186 g/mol. The molecule has 0 aromatic carbocycles. The molecule has 0 aromatic heterocycles. The Labute approximate surface area is 63.4 Å². The van der Waals surface area contributed by atoms with Crippen LogP contribution in [0.2, 0.25) is 0 Å². The first kappa shape index (κ1) is 9.12. The van der Waals surface area contributed by atoms with Gasteiger partial charge in [-0.25, -0.2) is 0 Å². The van der Waals surface area contributed by atoms with Gasteiger partial charge in [-0.2, -0.15) is 0 Å². The van der Waals surface area contributed by atoms with E-state index in [2.05, 4.69) is 6.92 Å². The Morgan fingerprint density at radius 1 is 1.50 bits per heavy atom. The Hall–Kier alpha value is 1.12. The average Bonchev–Trinajstić information content (AvgIpc) is 1.66. The summed E-state index contributed by atoms with van der Waals surface area (Å²) in [5.74, 6) is 0. The molecule has 0 saturated carbocycles. The first-order valence-electron chi connectivity index (χ1n) is 2.52. The molecule has 0 aliphatic carbocycles. The second kappa shape index (κ2) is 6.25. The van der Waals surface area contributed by atoms with Crippen LogP contribution in [0.4, 0.5) is 0 Å². The first-order chi connectivity index (χ1) is 3.77. The van der Waals surface area contributed by atoms with Gasteiger partial charge in [0.15, 0.2) is 0 Å². The van der Waals surface area contributed by atoms with E-state index in [-0.39, 0.29) is 0 Å². The van der Waals surface area contributed by atoms with E-state index in [9.17, 15) is 0 Å². The van der Waals surface area contributed by atoms with E-state index >= 15 is 0 Å². The number of hydrogen-bond acceptors (Lipinski definition) is 1. The summed E-state index contributed by atoms with van der Waals surface area (Å²) in [7, 11) is 10.8. The molecule has 0 aliphatic rings. The zero-order valence-corrected chi connectivity index (χ0v) is 7.64. The summed E-state index contributed by atoms with van der Waals surface area (Å²) in [5, 5.41) is 0. The van der Waals surface area contributed by atoms with Gasteiger partial charge >= 0.3 is 63.3 Å². The second-order valence-corrected chi connectivity index (χ2v) is 5.67. The van der Waals surface area contributed by atoms with Crippen molar-refractivity contribution in [2.45, 2.75) is 19.8 Å². The van der Waals surface area contributed by atoms with Crippen molar-refractivity contribution in [1.29, 1.82) is 0 Å². The molecule has 0 heterocycles. The molecule has 1 nitrogen and oxygen atoms in total. The average molecular weight is 195 g/mol. The van der Waals surface area contributed by atoms with Crippen LogP contribution in [0.5, 0.6) is 0 Å². The fraction of sp³-hybridized carbons (Fsp3) is 1.00. The standard InChI is InChI=1S/C4H9O.2ClH.V/c1-2-3-4-5;;;/h2-4H2,1H3;2*1H;/q-1;;;+3/p-2. The number of hydrogen-bond donors (Lipinski definition) is 0. The molecule has 50 valence electrons. The Morgan fingerprint density at radius 3 is 2.50 bits per heavy atom. The second-order valence-electron chi connectivity index (χ2n) is 1.39. The molecular formula is C4H9Cl2OV. The Kier molecular flexibility index (Phi) is 7.13. The van der Waals surface area contributed by atoms with Gasteiger partial charge in [-0.05, 0) is 0 Å². The molecule has 0 N–H and O–H groups in total. The van der Waals surface area contributed by atoms with Gasteiger partial charge in [-0.3, -0.25) is 0 Å². The quantitative estimate of drug-likeness (QED) is 0.626. The van der Waals surface area contributed by atoms with Gasteiger partial charge in [0.2, 0.25) is 0 Å². The van der Waals surface area contributed by atoms with Crippen molar-refractivity contribution >= 4 is 19.7 Å². The van der Waals surface area contributed by atoms with E-state index in [1.165, 1.54) is 0 Å². The molecule has 0 atom stereocenters. The zero-order valence-electron chi connectivity index (χ0n) is 4.73. The third kappa shape index (κ3) is 7.12. The Bertz CT molecular complexity index is 51.3. The summed E-state index contributed by atoms with van der Waals surface area (Å²) >= 11 is -1.81. The van der Waals surface area contributed by atoms with Crippen LogP contribution in [-0.4, -0.2) is 6.61 Å². The zero-order chi connectivity index (χ0) is 6.41. The van der Waals surface area contributed by atoms with Gasteiger partial charge in [-0.15, -0.1) is 0 Å². The maximum absolute atomic E-state index is 5.40. The maximum atomic E-state index is 5.40. The molecule has 0 saturated heterocycles. The predicted molar refractivity (Wildman–Crippen MR) is 32.6 cm³/mol. The van der Waals surface area contributed by atoms with Gasteiger partial charge in [0, 0.05) is 0 Å². The Balaban J connectivity index is 2.72. The van der Waals surface area contributed by atoms with E-state index in [0.717, 1.165) is 19.4 Å². The summed E-state index contributed by atoms with van der Waals surface area (Å²) in [5.41, 5.74) is 0. The SMILES string of the molecule is CCCC[O][V]([Cl])[Cl]. The van der Waals surface area contributed by atoms with E-state index in [0.29, 0.717) is 0 Å². The van der Waals surface area contributed by atoms with Crippen molar-refractivity contribution in [1.82, 2.24) is 0 Å². The van der Waals surface area contributed by atoms with Gasteiger partial charge in [0.25, 0.3) is 0 Å². The minimum absolute atomic E-state index is 0.726. The molecule has 0 amide bonds. The van der Waals surface area contributed by atoms with Crippen molar-refractivity contribution in [2.75, 3.05) is 6.61 Å². The summed E-state index contributed by atoms with van der Waals surface area (Å²) < 4.78 is 4.96. The number of rotatable bonds is 4. The van der Waals surface area contributed by atoms with Crippen molar-refractivity contribution in [3.63, 3.8) is 0 Å². The van der Waals surface area contributed by atoms with E-state index in [4.69, 9.17) is 23.4 Å². The summed E-state index contributed by atoms with van der Waals surface area (Å²) in [6.07, 6.45) is 2.20. The third-order valence-electron chi connectivity index (χ3n) is 0.687. The van der Waals surface area contributed by atoms with E-state index < -0.39 is 13.6 Å². The van der Waals surface area contributed by atoms with Crippen LogP contribution in [0, 0.1) is 0 Å². The molecule has 0 rings (SSSR count). The van der Waals surface area contributed by atoms with Crippen LogP contribution in [0.3, 0.4) is 0 Å². The molecule has 0 bridgehead atoms. The molecule has 8 heavy (non-hydrogen) atoms. The van der Waals surface area contributed by atoms with Crippen LogP contribution in [0.25, 0.3) is 0 Å². The normalized spacial score (nSPS) is 10.5. The molecule has 0 aromatic rings. The van der Waals surface area contributed by atoms with Crippen molar-refractivity contribution in [2.24, 2.45) is 0 Å². The van der Waals surface area contributed by atoms with Crippen LogP contribution in [-0.2, 0) is 17.3 Å².